The molecule has 3 heteroatoms. The van der Waals surface area contributed by atoms with Gasteiger partial charge in [0, 0.05) is 5.02 Å². The minimum atomic E-state index is -0.344. The highest BCUT2D eigenvalue weighted by Crippen LogP contribution is 2.27. The highest BCUT2D eigenvalue weighted by molar-refractivity contribution is 6.31. The average Bonchev–Trinajstić information content (AvgIpc) is 2.90. The summed E-state index contributed by atoms with van der Waals surface area (Å²) in [6.07, 6.45) is 14.8. The summed E-state index contributed by atoms with van der Waals surface area (Å²) < 4.78 is 5.58. The molecule has 0 bridgehead atoms. The van der Waals surface area contributed by atoms with Crippen molar-refractivity contribution in [2.45, 2.75) is 90.9 Å². The molecule has 0 saturated carbocycles. The maximum Gasteiger partial charge on any atom is 0.343 e. The third-order valence-electron chi connectivity index (χ3n) is 6.76. The zero-order valence-corrected chi connectivity index (χ0v) is 22.8. The number of rotatable bonds is 15. The molecular weight excluding hydrogens is 464 g/mol. The lowest BCUT2D eigenvalue weighted by atomic mass is 9.99. The molecule has 0 saturated heterocycles. The number of unbranched alkanes of at least 4 members (excludes halogenated alkanes) is 8. The zero-order valence-electron chi connectivity index (χ0n) is 22.0. The summed E-state index contributed by atoms with van der Waals surface area (Å²) in [5.41, 5.74) is 5.12. The Kier molecular flexibility index (Phi) is 12.1. The van der Waals surface area contributed by atoms with Gasteiger partial charge in [-0.15, -0.1) is 0 Å². The van der Waals surface area contributed by atoms with E-state index in [0.717, 1.165) is 29.0 Å². The third kappa shape index (κ3) is 9.13. The second kappa shape index (κ2) is 15.5. The number of halogens is 1. The van der Waals surface area contributed by atoms with Gasteiger partial charge in [-0.2, -0.15) is 0 Å². The van der Waals surface area contributed by atoms with Crippen molar-refractivity contribution >= 4 is 17.6 Å². The molecule has 3 aromatic rings. The topological polar surface area (TPSA) is 26.3 Å². The highest BCUT2D eigenvalue weighted by Gasteiger charge is 2.10. The van der Waals surface area contributed by atoms with Gasteiger partial charge in [-0.25, -0.2) is 4.79 Å². The molecule has 0 radical (unpaired) electrons. The Bertz CT molecular complexity index is 1050. The van der Waals surface area contributed by atoms with Crippen molar-refractivity contribution in [3.63, 3.8) is 0 Å². The fourth-order valence-electron chi connectivity index (χ4n) is 4.47. The molecule has 0 fully saturated rings. The van der Waals surface area contributed by atoms with Gasteiger partial charge in [-0.3, -0.25) is 0 Å². The fraction of sp³-hybridized carbons (Fsp3) is 0.424. The monoisotopic (exact) mass is 504 g/mol. The van der Waals surface area contributed by atoms with Crippen LogP contribution in [-0.4, -0.2) is 5.97 Å². The van der Waals surface area contributed by atoms with Crippen molar-refractivity contribution in [1.82, 2.24) is 0 Å². The molecule has 0 N–H and O–H groups in total. The van der Waals surface area contributed by atoms with Crippen LogP contribution in [0.25, 0.3) is 11.1 Å². The molecule has 0 aromatic heterocycles. The molecule has 2 nitrogen and oxygen atoms in total. The molecular formula is C33H41ClO2. The first kappa shape index (κ1) is 28.0. The lowest BCUT2D eigenvalue weighted by Crippen LogP contribution is -2.08. The molecule has 0 aliphatic heterocycles. The summed E-state index contributed by atoms with van der Waals surface area (Å²) in [6, 6.07) is 21.7. The SMILES string of the molecule is CCCCCCCCCc1ccc(-c2ccc(C(=O)Oc3ccc(CCCCC)cc3)cc2)cc1Cl. The van der Waals surface area contributed by atoms with Crippen LogP contribution in [0.2, 0.25) is 5.02 Å². The third-order valence-corrected chi connectivity index (χ3v) is 7.11. The molecule has 0 unspecified atom stereocenters. The highest BCUT2D eigenvalue weighted by atomic mass is 35.5. The van der Waals surface area contributed by atoms with Crippen LogP contribution in [0, 0.1) is 0 Å². The van der Waals surface area contributed by atoms with Gasteiger partial charge in [0.1, 0.15) is 5.75 Å². The van der Waals surface area contributed by atoms with Crippen LogP contribution in [-0.2, 0) is 12.8 Å². The first-order chi connectivity index (χ1) is 17.6. The Morgan fingerprint density at radius 1 is 0.667 bits per heavy atom. The summed E-state index contributed by atoms with van der Waals surface area (Å²) >= 11 is 6.60. The van der Waals surface area contributed by atoms with Crippen LogP contribution in [0.5, 0.6) is 5.75 Å². The van der Waals surface area contributed by atoms with Crippen molar-refractivity contribution in [3.05, 3.63) is 88.4 Å². The van der Waals surface area contributed by atoms with Gasteiger partial charge in [0.2, 0.25) is 0 Å². The number of hydrogen-bond acceptors (Lipinski definition) is 2. The summed E-state index contributed by atoms with van der Waals surface area (Å²) in [6.45, 7) is 4.46. The van der Waals surface area contributed by atoms with E-state index < -0.39 is 0 Å². The number of carbonyl (C=O) groups excluding carboxylic acids is 1. The first-order valence-corrected chi connectivity index (χ1v) is 14.2. The Hall–Kier alpha value is -2.58. The summed E-state index contributed by atoms with van der Waals surface area (Å²) in [5.74, 6) is 0.231. The zero-order chi connectivity index (χ0) is 25.6. The number of esters is 1. The van der Waals surface area contributed by atoms with Crippen molar-refractivity contribution in [2.24, 2.45) is 0 Å². The summed E-state index contributed by atoms with van der Waals surface area (Å²) in [4.78, 5) is 12.6. The number of benzene rings is 3. The van der Waals surface area contributed by atoms with E-state index in [2.05, 4.69) is 26.0 Å². The van der Waals surface area contributed by atoms with E-state index in [4.69, 9.17) is 16.3 Å². The van der Waals surface area contributed by atoms with Crippen molar-refractivity contribution in [3.8, 4) is 16.9 Å². The van der Waals surface area contributed by atoms with Gasteiger partial charge in [-0.05, 0) is 78.3 Å². The largest absolute Gasteiger partial charge is 0.423 e. The van der Waals surface area contributed by atoms with E-state index >= 15 is 0 Å². The van der Waals surface area contributed by atoms with Crippen LogP contribution < -0.4 is 4.74 Å². The van der Waals surface area contributed by atoms with E-state index in [-0.39, 0.29) is 5.97 Å². The molecule has 0 aliphatic rings. The first-order valence-electron chi connectivity index (χ1n) is 13.8. The summed E-state index contributed by atoms with van der Waals surface area (Å²) in [7, 11) is 0. The van der Waals surface area contributed by atoms with Gasteiger partial charge < -0.3 is 4.74 Å². The second-order valence-electron chi connectivity index (χ2n) is 9.75. The van der Waals surface area contributed by atoms with Crippen molar-refractivity contribution in [2.75, 3.05) is 0 Å². The number of hydrogen-bond donors (Lipinski definition) is 0. The lowest BCUT2D eigenvalue weighted by Gasteiger charge is -2.09. The van der Waals surface area contributed by atoms with Gasteiger partial charge in [0.15, 0.2) is 0 Å². The van der Waals surface area contributed by atoms with Gasteiger partial charge in [0.05, 0.1) is 5.56 Å². The standard InChI is InChI=1S/C33H41ClO2/c1-3-5-7-8-9-10-12-14-28-19-22-30(25-32(28)34)27-17-20-29(21-18-27)33(35)36-31-23-15-26(16-24-31)13-11-6-4-2/h15-25H,3-14H2,1-2H3. The Morgan fingerprint density at radius 3 is 1.92 bits per heavy atom. The van der Waals surface area contributed by atoms with E-state index in [1.807, 2.05) is 54.6 Å². The molecule has 192 valence electrons. The minimum Gasteiger partial charge on any atom is -0.423 e. The predicted molar refractivity (Wildman–Crippen MR) is 153 cm³/mol. The maximum atomic E-state index is 12.6. The molecule has 3 aromatic carbocycles. The van der Waals surface area contributed by atoms with E-state index in [1.165, 1.54) is 75.3 Å². The predicted octanol–water partition coefficient (Wildman–Crippen LogP) is 10.3. The number of aryl methyl sites for hydroxylation is 2. The van der Waals surface area contributed by atoms with Gasteiger partial charge >= 0.3 is 5.97 Å². The van der Waals surface area contributed by atoms with Gasteiger partial charge in [0.25, 0.3) is 0 Å². The van der Waals surface area contributed by atoms with Crippen LogP contribution in [0.15, 0.2) is 66.7 Å². The van der Waals surface area contributed by atoms with Gasteiger partial charge in [-0.1, -0.05) is 113 Å². The van der Waals surface area contributed by atoms with Crippen LogP contribution >= 0.6 is 11.6 Å². The van der Waals surface area contributed by atoms with Crippen molar-refractivity contribution in [1.29, 1.82) is 0 Å². The van der Waals surface area contributed by atoms with E-state index in [9.17, 15) is 4.79 Å². The average molecular weight is 505 g/mol. The van der Waals surface area contributed by atoms with Crippen LogP contribution in [0.4, 0.5) is 0 Å². The summed E-state index contributed by atoms with van der Waals surface area (Å²) in [5, 5.41) is 0.820. The molecule has 3 rings (SSSR count). The molecule has 36 heavy (non-hydrogen) atoms. The Morgan fingerprint density at radius 2 is 1.25 bits per heavy atom. The molecule has 0 aliphatic carbocycles. The fourth-order valence-corrected chi connectivity index (χ4v) is 4.75. The quantitative estimate of drug-likeness (QED) is 0.117. The Balaban J connectivity index is 1.50. The normalized spacial score (nSPS) is 11.0. The van der Waals surface area contributed by atoms with E-state index in [1.54, 1.807) is 0 Å². The molecule has 0 atom stereocenters. The van der Waals surface area contributed by atoms with Crippen LogP contribution in [0.1, 0.15) is 99.5 Å². The minimum absolute atomic E-state index is 0.344. The maximum absolute atomic E-state index is 12.6. The number of ether oxygens (including phenoxy) is 1. The molecule has 0 amide bonds. The smallest absolute Gasteiger partial charge is 0.343 e. The molecule has 0 spiro atoms. The second-order valence-corrected chi connectivity index (χ2v) is 10.2. The lowest BCUT2D eigenvalue weighted by molar-refractivity contribution is 0.0734. The van der Waals surface area contributed by atoms with E-state index in [0.29, 0.717) is 11.3 Å². The van der Waals surface area contributed by atoms with Crippen LogP contribution in [0.3, 0.4) is 0 Å². The molecule has 0 heterocycles. The number of carbonyl (C=O) groups is 1. The van der Waals surface area contributed by atoms with Crippen molar-refractivity contribution < 1.29 is 9.53 Å². The Labute approximate surface area is 223 Å².